The van der Waals surface area contributed by atoms with Crippen molar-refractivity contribution in [2.24, 2.45) is 11.8 Å². The van der Waals surface area contributed by atoms with Crippen LogP contribution in [0.5, 0.6) is 0 Å². The van der Waals surface area contributed by atoms with Crippen LogP contribution >= 0.6 is 0 Å². The molecule has 2 aliphatic rings. The van der Waals surface area contributed by atoms with Gasteiger partial charge in [0.15, 0.2) is 0 Å². The summed E-state index contributed by atoms with van der Waals surface area (Å²) in [6.45, 7) is 2.58. The maximum atomic E-state index is 12.3. The van der Waals surface area contributed by atoms with Crippen molar-refractivity contribution < 1.29 is 24.2 Å². The van der Waals surface area contributed by atoms with E-state index in [0.717, 1.165) is 0 Å². The molecule has 2 aliphatic carbocycles. The van der Waals surface area contributed by atoms with Gasteiger partial charge in [-0.05, 0) is 54.4 Å². The van der Waals surface area contributed by atoms with Crippen molar-refractivity contribution in [3.8, 4) is 11.1 Å². The lowest BCUT2D eigenvalue weighted by molar-refractivity contribution is -0.139. The molecule has 0 radical (unpaired) electrons. The summed E-state index contributed by atoms with van der Waals surface area (Å²) in [7, 11) is 0. The van der Waals surface area contributed by atoms with Crippen LogP contribution in [-0.4, -0.2) is 42.3 Å². The number of amides is 2. The van der Waals surface area contributed by atoms with E-state index >= 15 is 0 Å². The fourth-order valence-corrected chi connectivity index (χ4v) is 4.59. The second-order valence-electron chi connectivity index (χ2n) is 9.01. The first kappa shape index (κ1) is 22.8. The molecular formula is C26H30N2O5. The smallest absolute Gasteiger partial charge is 0.407 e. The Bertz CT molecular complexity index is 991. The van der Waals surface area contributed by atoms with Gasteiger partial charge in [0.25, 0.3) is 0 Å². The summed E-state index contributed by atoms with van der Waals surface area (Å²) in [6, 6.07) is 16.3. The van der Waals surface area contributed by atoms with Gasteiger partial charge in [0.2, 0.25) is 5.91 Å². The van der Waals surface area contributed by atoms with E-state index in [1.807, 2.05) is 31.2 Å². The number of aliphatic carboxylic acids is 1. The number of carbonyl (C=O) groups is 3. The largest absolute Gasteiger partial charge is 0.481 e. The molecule has 33 heavy (non-hydrogen) atoms. The number of ether oxygens (including phenoxy) is 1. The molecule has 1 saturated carbocycles. The predicted octanol–water partition coefficient (Wildman–Crippen LogP) is 3.92. The van der Waals surface area contributed by atoms with E-state index in [2.05, 4.69) is 34.9 Å². The molecule has 0 aliphatic heterocycles. The fourth-order valence-electron chi connectivity index (χ4n) is 4.59. The van der Waals surface area contributed by atoms with Crippen LogP contribution in [0.3, 0.4) is 0 Å². The van der Waals surface area contributed by atoms with Crippen molar-refractivity contribution in [1.82, 2.24) is 10.6 Å². The lowest BCUT2D eigenvalue weighted by Crippen LogP contribution is -2.34. The molecule has 1 fully saturated rings. The molecule has 174 valence electrons. The van der Waals surface area contributed by atoms with Gasteiger partial charge >= 0.3 is 12.1 Å². The third-order valence-corrected chi connectivity index (χ3v) is 6.55. The highest BCUT2D eigenvalue weighted by molar-refractivity contribution is 5.79. The zero-order valence-corrected chi connectivity index (χ0v) is 18.8. The summed E-state index contributed by atoms with van der Waals surface area (Å²) in [5.74, 6) is -1.11. The van der Waals surface area contributed by atoms with Gasteiger partial charge in [0.1, 0.15) is 6.61 Å². The first-order valence-corrected chi connectivity index (χ1v) is 11.5. The number of alkyl carbamates (subject to hydrolysis) is 1. The number of rotatable bonds is 10. The molecule has 2 amide bonds. The van der Waals surface area contributed by atoms with Gasteiger partial charge in [0, 0.05) is 24.9 Å². The van der Waals surface area contributed by atoms with Gasteiger partial charge in [-0.1, -0.05) is 48.5 Å². The Hall–Kier alpha value is -3.35. The Labute approximate surface area is 193 Å². The Morgan fingerprint density at radius 2 is 1.70 bits per heavy atom. The Morgan fingerprint density at radius 1 is 1.06 bits per heavy atom. The zero-order chi connectivity index (χ0) is 23.4. The quantitative estimate of drug-likeness (QED) is 0.509. The van der Waals surface area contributed by atoms with Crippen LogP contribution in [0, 0.1) is 11.8 Å². The lowest BCUT2D eigenvalue weighted by atomic mass is 9.98. The number of fused-ring (bicyclic) bond motifs is 3. The van der Waals surface area contributed by atoms with E-state index in [1.54, 1.807) is 0 Å². The van der Waals surface area contributed by atoms with E-state index in [9.17, 15) is 14.4 Å². The van der Waals surface area contributed by atoms with Crippen LogP contribution in [0.2, 0.25) is 0 Å². The second-order valence-corrected chi connectivity index (χ2v) is 9.01. The van der Waals surface area contributed by atoms with Crippen molar-refractivity contribution in [2.45, 2.75) is 44.6 Å². The summed E-state index contributed by atoms with van der Waals surface area (Å²) in [5, 5.41) is 14.5. The molecule has 7 nitrogen and oxygen atoms in total. The third-order valence-electron chi connectivity index (χ3n) is 6.55. The highest BCUT2D eigenvalue weighted by atomic mass is 16.5. The van der Waals surface area contributed by atoms with Crippen LogP contribution in [-0.2, 0) is 14.3 Å². The fraction of sp³-hybridized carbons (Fsp3) is 0.423. The molecule has 0 spiro atoms. The van der Waals surface area contributed by atoms with Gasteiger partial charge in [-0.2, -0.15) is 0 Å². The predicted molar refractivity (Wildman–Crippen MR) is 124 cm³/mol. The van der Waals surface area contributed by atoms with Crippen LogP contribution in [0.4, 0.5) is 4.79 Å². The SMILES string of the molecule is CC(CCCC(=O)NC[C@@H]1C[C@@H]1C(=O)O)NC(=O)OCC1c2ccccc2-c2ccccc21. The molecule has 1 unspecified atom stereocenters. The number of hydrogen-bond donors (Lipinski definition) is 3. The number of carbonyl (C=O) groups excluding carboxylic acids is 2. The minimum Gasteiger partial charge on any atom is -0.481 e. The number of hydrogen-bond acceptors (Lipinski definition) is 4. The van der Waals surface area contributed by atoms with E-state index in [-0.39, 0.29) is 36.3 Å². The van der Waals surface area contributed by atoms with Gasteiger partial charge < -0.3 is 20.5 Å². The summed E-state index contributed by atoms with van der Waals surface area (Å²) in [4.78, 5) is 35.1. The minimum absolute atomic E-state index is 0.0225. The Morgan fingerprint density at radius 3 is 2.30 bits per heavy atom. The molecule has 0 saturated heterocycles. The zero-order valence-electron chi connectivity index (χ0n) is 18.8. The van der Waals surface area contributed by atoms with Gasteiger partial charge in [-0.25, -0.2) is 4.79 Å². The Balaban J connectivity index is 1.16. The lowest BCUT2D eigenvalue weighted by Gasteiger charge is -2.17. The van der Waals surface area contributed by atoms with Crippen LogP contribution in [0.15, 0.2) is 48.5 Å². The molecule has 3 N–H and O–H groups in total. The summed E-state index contributed by atoms with van der Waals surface area (Å²) in [6.07, 6.45) is 1.81. The maximum absolute atomic E-state index is 12.3. The van der Waals surface area contributed by atoms with E-state index in [1.165, 1.54) is 22.3 Å². The first-order chi connectivity index (χ1) is 15.9. The van der Waals surface area contributed by atoms with Crippen LogP contribution in [0.25, 0.3) is 11.1 Å². The average Bonchev–Trinajstić information content (AvgIpc) is 3.52. The molecule has 2 aromatic carbocycles. The summed E-state index contributed by atoms with van der Waals surface area (Å²) in [5.41, 5.74) is 4.72. The molecule has 7 heteroatoms. The minimum atomic E-state index is -0.789. The normalized spacial score (nSPS) is 19.2. The van der Waals surface area contributed by atoms with Gasteiger partial charge in [0.05, 0.1) is 5.92 Å². The van der Waals surface area contributed by atoms with Crippen LogP contribution in [0.1, 0.15) is 49.7 Å². The summed E-state index contributed by atoms with van der Waals surface area (Å²) < 4.78 is 5.56. The molecule has 0 bridgehead atoms. The summed E-state index contributed by atoms with van der Waals surface area (Å²) >= 11 is 0. The van der Waals surface area contributed by atoms with Crippen molar-refractivity contribution in [3.05, 3.63) is 59.7 Å². The second kappa shape index (κ2) is 10.1. The van der Waals surface area contributed by atoms with Crippen molar-refractivity contribution in [1.29, 1.82) is 0 Å². The molecule has 0 aromatic heterocycles. The van der Waals surface area contributed by atoms with Crippen molar-refractivity contribution in [2.75, 3.05) is 13.2 Å². The topological polar surface area (TPSA) is 105 Å². The van der Waals surface area contributed by atoms with Crippen molar-refractivity contribution >= 4 is 18.0 Å². The van der Waals surface area contributed by atoms with Crippen molar-refractivity contribution in [3.63, 3.8) is 0 Å². The number of carboxylic acids is 1. The number of nitrogens with one attached hydrogen (secondary N) is 2. The highest BCUT2D eigenvalue weighted by Gasteiger charge is 2.42. The Kier molecular flexibility index (Phi) is 6.96. The molecular weight excluding hydrogens is 420 g/mol. The molecule has 3 atom stereocenters. The monoisotopic (exact) mass is 450 g/mol. The molecule has 2 aromatic rings. The molecule has 0 heterocycles. The number of benzene rings is 2. The maximum Gasteiger partial charge on any atom is 0.407 e. The van der Waals surface area contributed by atoms with E-state index < -0.39 is 12.1 Å². The number of carboxylic acid groups (broad SMARTS) is 1. The van der Waals surface area contributed by atoms with E-state index in [0.29, 0.717) is 32.2 Å². The van der Waals surface area contributed by atoms with Gasteiger partial charge in [-0.3, -0.25) is 9.59 Å². The third kappa shape index (κ3) is 5.53. The standard InChI is InChI=1S/C26H30N2O5/c1-16(7-6-12-24(29)27-14-17-13-22(17)25(30)31)28-26(32)33-15-23-20-10-4-2-8-18(20)19-9-3-5-11-21(19)23/h2-5,8-11,16-17,22-23H,6-7,12-15H2,1H3,(H,27,29)(H,28,32)(H,30,31)/t16?,17-,22-/m0/s1. The average molecular weight is 451 g/mol. The highest BCUT2D eigenvalue weighted by Crippen LogP contribution is 2.44. The van der Waals surface area contributed by atoms with Gasteiger partial charge in [-0.15, -0.1) is 0 Å². The molecule has 4 rings (SSSR count). The van der Waals surface area contributed by atoms with E-state index in [4.69, 9.17) is 9.84 Å². The first-order valence-electron chi connectivity index (χ1n) is 11.5. The van der Waals surface area contributed by atoms with Crippen LogP contribution < -0.4 is 10.6 Å².